The number of hydrogen-bond acceptors (Lipinski definition) is 2. The second kappa shape index (κ2) is 3.79. The SMILES string of the molecule is CC(C)(C)CSCC#N. The van der Waals surface area contributed by atoms with E-state index in [9.17, 15) is 0 Å². The Balaban J connectivity index is 3.20. The lowest BCUT2D eigenvalue weighted by Gasteiger charge is -2.15. The van der Waals surface area contributed by atoms with Crippen LogP contribution in [0.2, 0.25) is 0 Å². The van der Waals surface area contributed by atoms with Crippen molar-refractivity contribution in [2.45, 2.75) is 20.8 Å². The van der Waals surface area contributed by atoms with Gasteiger partial charge in [0.15, 0.2) is 0 Å². The molecule has 0 unspecified atom stereocenters. The highest BCUT2D eigenvalue weighted by Crippen LogP contribution is 2.19. The van der Waals surface area contributed by atoms with Crippen LogP contribution in [0.4, 0.5) is 0 Å². The van der Waals surface area contributed by atoms with Gasteiger partial charge in [-0.3, -0.25) is 0 Å². The van der Waals surface area contributed by atoms with Crippen molar-refractivity contribution in [1.82, 2.24) is 0 Å². The van der Waals surface area contributed by atoms with Gasteiger partial charge < -0.3 is 0 Å². The number of thioether (sulfide) groups is 1. The van der Waals surface area contributed by atoms with E-state index in [4.69, 9.17) is 5.26 Å². The van der Waals surface area contributed by atoms with Gasteiger partial charge in [0.25, 0.3) is 0 Å². The van der Waals surface area contributed by atoms with Gasteiger partial charge in [-0.2, -0.15) is 5.26 Å². The monoisotopic (exact) mass is 143 g/mol. The largest absolute Gasteiger partial charge is 0.197 e. The Morgan fingerprint density at radius 3 is 2.33 bits per heavy atom. The average molecular weight is 143 g/mol. The zero-order chi connectivity index (χ0) is 7.33. The number of nitriles is 1. The van der Waals surface area contributed by atoms with Crippen molar-refractivity contribution < 1.29 is 0 Å². The van der Waals surface area contributed by atoms with E-state index >= 15 is 0 Å². The molecule has 0 fully saturated rings. The first-order valence-electron chi connectivity index (χ1n) is 3.01. The molecule has 0 heterocycles. The Bertz CT molecular complexity index is 107. The lowest BCUT2D eigenvalue weighted by Crippen LogP contribution is -2.08. The van der Waals surface area contributed by atoms with Crippen molar-refractivity contribution in [3.63, 3.8) is 0 Å². The van der Waals surface area contributed by atoms with E-state index in [1.165, 1.54) is 0 Å². The molecule has 0 saturated heterocycles. The van der Waals surface area contributed by atoms with Crippen LogP contribution in [0.5, 0.6) is 0 Å². The van der Waals surface area contributed by atoms with Crippen LogP contribution in [0, 0.1) is 16.7 Å². The molecule has 0 saturated carbocycles. The summed E-state index contributed by atoms with van der Waals surface area (Å²) in [4.78, 5) is 0. The molecular weight excluding hydrogens is 130 g/mol. The molecule has 0 aromatic rings. The predicted molar refractivity (Wildman–Crippen MR) is 42.4 cm³/mol. The molecule has 0 aliphatic rings. The third-order valence-electron chi connectivity index (χ3n) is 0.702. The van der Waals surface area contributed by atoms with Crippen molar-refractivity contribution in [3.8, 4) is 6.07 Å². The third-order valence-corrected chi connectivity index (χ3v) is 2.11. The molecule has 0 spiro atoms. The predicted octanol–water partition coefficient (Wildman–Crippen LogP) is 2.29. The Morgan fingerprint density at radius 1 is 1.44 bits per heavy atom. The molecule has 0 aromatic carbocycles. The fourth-order valence-corrected chi connectivity index (χ4v) is 1.21. The second-order valence-corrected chi connectivity index (χ2v) is 4.20. The zero-order valence-electron chi connectivity index (χ0n) is 6.27. The standard InChI is InChI=1S/C7H13NS/c1-7(2,3)6-9-5-4-8/h5-6H2,1-3H3. The molecule has 9 heavy (non-hydrogen) atoms. The summed E-state index contributed by atoms with van der Waals surface area (Å²) in [5.74, 6) is 1.69. The van der Waals surface area contributed by atoms with Gasteiger partial charge in [-0.1, -0.05) is 20.8 Å². The van der Waals surface area contributed by atoms with Gasteiger partial charge in [0.1, 0.15) is 0 Å². The lowest BCUT2D eigenvalue weighted by atomic mass is 10.0. The van der Waals surface area contributed by atoms with Crippen molar-refractivity contribution in [3.05, 3.63) is 0 Å². The first kappa shape index (κ1) is 8.84. The molecule has 0 radical (unpaired) electrons. The van der Waals surface area contributed by atoms with Gasteiger partial charge in [0.2, 0.25) is 0 Å². The van der Waals surface area contributed by atoms with Crippen LogP contribution in [0.25, 0.3) is 0 Å². The molecule has 0 rings (SSSR count). The quantitative estimate of drug-likeness (QED) is 0.554. The summed E-state index contributed by atoms with van der Waals surface area (Å²) in [6.45, 7) is 6.53. The van der Waals surface area contributed by atoms with E-state index in [0.717, 1.165) is 5.75 Å². The molecule has 0 aromatic heterocycles. The maximum absolute atomic E-state index is 8.19. The fraction of sp³-hybridized carbons (Fsp3) is 0.857. The zero-order valence-corrected chi connectivity index (χ0v) is 7.09. The van der Waals surface area contributed by atoms with Crippen molar-refractivity contribution >= 4 is 11.8 Å². The van der Waals surface area contributed by atoms with Gasteiger partial charge in [-0.25, -0.2) is 0 Å². The Kier molecular flexibility index (Phi) is 3.72. The smallest absolute Gasteiger partial charge is 0.0808 e. The maximum Gasteiger partial charge on any atom is 0.0808 e. The van der Waals surface area contributed by atoms with E-state index < -0.39 is 0 Å². The fourth-order valence-electron chi connectivity index (χ4n) is 0.403. The second-order valence-electron chi connectivity index (χ2n) is 3.21. The molecule has 0 aliphatic carbocycles. The minimum Gasteiger partial charge on any atom is -0.197 e. The maximum atomic E-state index is 8.19. The van der Waals surface area contributed by atoms with E-state index in [0.29, 0.717) is 11.2 Å². The van der Waals surface area contributed by atoms with E-state index in [2.05, 4.69) is 26.8 Å². The van der Waals surface area contributed by atoms with Crippen molar-refractivity contribution in [2.24, 2.45) is 5.41 Å². The van der Waals surface area contributed by atoms with Crippen LogP contribution < -0.4 is 0 Å². The van der Waals surface area contributed by atoms with E-state index in [1.54, 1.807) is 11.8 Å². The molecule has 0 bridgehead atoms. The molecular formula is C7H13NS. The first-order chi connectivity index (χ1) is 4.06. The highest BCUT2D eigenvalue weighted by molar-refractivity contribution is 7.99. The van der Waals surface area contributed by atoms with E-state index in [1.807, 2.05) is 0 Å². The number of rotatable bonds is 2. The number of hydrogen-bond donors (Lipinski definition) is 0. The molecule has 0 atom stereocenters. The Hall–Kier alpha value is -0.160. The van der Waals surface area contributed by atoms with Crippen LogP contribution in [-0.4, -0.2) is 11.5 Å². The Labute approximate surface area is 61.4 Å². The lowest BCUT2D eigenvalue weighted by molar-refractivity contribution is 0.481. The van der Waals surface area contributed by atoms with Gasteiger partial charge in [-0.05, 0) is 11.2 Å². The van der Waals surface area contributed by atoms with Crippen molar-refractivity contribution in [1.29, 1.82) is 5.26 Å². The average Bonchev–Trinajstić information content (AvgIpc) is 1.63. The van der Waals surface area contributed by atoms with Gasteiger partial charge >= 0.3 is 0 Å². The van der Waals surface area contributed by atoms with Crippen LogP contribution in [-0.2, 0) is 0 Å². The Morgan fingerprint density at radius 2 is 2.00 bits per heavy atom. The van der Waals surface area contributed by atoms with E-state index in [-0.39, 0.29) is 0 Å². The van der Waals surface area contributed by atoms with Crippen LogP contribution in [0.15, 0.2) is 0 Å². The summed E-state index contributed by atoms with van der Waals surface area (Å²) in [6.07, 6.45) is 0. The third kappa shape index (κ3) is 7.84. The summed E-state index contributed by atoms with van der Waals surface area (Å²) in [5.41, 5.74) is 0.363. The van der Waals surface area contributed by atoms with Gasteiger partial charge in [-0.15, -0.1) is 11.8 Å². The highest BCUT2D eigenvalue weighted by atomic mass is 32.2. The van der Waals surface area contributed by atoms with Crippen LogP contribution in [0.3, 0.4) is 0 Å². The highest BCUT2D eigenvalue weighted by Gasteiger charge is 2.08. The summed E-state index contributed by atoms with van der Waals surface area (Å²) in [5, 5.41) is 8.19. The topological polar surface area (TPSA) is 23.8 Å². The van der Waals surface area contributed by atoms with Crippen molar-refractivity contribution in [2.75, 3.05) is 11.5 Å². The minimum atomic E-state index is 0.363. The van der Waals surface area contributed by atoms with Crippen LogP contribution >= 0.6 is 11.8 Å². The molecule has 0 N–H and O–H groups in total. The summed E-state index contributed by atoms with van der Waals surface area (Å²) < 4.78 is 0. The molecule has 0 aliphatic heterocycles. The molecule has 0 amide bonds. The normalized spacial score (nSPS) is 10.9. The summed E-state index contributed by atoms with van der Waals surface area (Å²) in [6, 6.07) is 2.10. The molecule has 1 nitrogen and oxygen atoms in total. The summed E-state index contributed by atoms with van der Waals surface area (Å²) >= 11 is 1.70. The number of nitrogens with zero attached hydrogens (tertiary/aromatic N) is 1. The minimum absolute atomic E-state index is 0.363. The molecule has 2 heteroatoms. The summed E-state index contributed by atoms with van der Waals surface area (Å²) in [7, 11) is 0. The first-order valence-corrected chi connectivity index (χ1v) is 4.16. The molecule has 52 valence electrons. The van der Waals surface area contributed by atoms with Gasteiger partial charge in [0, 0.05) is 0 Å². The van der Waals surface area contributed by atoms with Gasteiger partial charge in [0.05, 0.1) is 11.8 Å². The van der Waals surface area contributed by atoms with Crippen LogP contribution in [0.1, 0.15) is 20.8 Å².